The molecule has 0 aromatic carbocycles. The minimum absolute atomic E-state index is 0. The maximum atomic E-state index is 8.44. The monoisotopic (exact) mass is 273 g/mol. The van der Waals surface area contributed by atoms with E-state index in [1.54, 1.807) is 0 Å². The molecule has 0 heterocycles. The van der Waals surface area contributed by atoms with Gasteiger partial charge in [-0.05, 0) is 0 Å². The summed E-state index contributed by atoms with van der Waals surface area (Å²) in [6, 6.07) is 0. The summed E-state index contributed by atoms with van der Waals surface area (Å²) in [6.07, 6.45) is 0. The summed E-state index contributed by atoms with van der Waals surface area (Å²) in [6.45, 7) is 0. The fourth-order valence-corrected chi connectivity index (χ4v) is 0. The van der Waals surface area contributed by atoms with Crippen molar-refractivity contribution in [1.82, 2.24) is 0 Å². The zero-order valence-corrected chi connectivity index (χ0v) is 8.94. The summed E-state index contributed by atoms with van der Waals surface area (Å²) in [7, 11) is 0. The Morgan fingerprint density at radius 1 is 1.40 bits per heavy atom. The largest absolute Gasteiger partial charge is 1.00 e. The Morgan fingerprint density at radius 2 is 1.40 bits per heavy atom. The molecule has 0 aromatic heterocycles. The van der Waals surface area contributed by atoms with Crippen LogP contribution in [-0.4, -0.2) is 23.6 Å². The average Bonchev–Trinajstić information content (AvgIpc) is 1.25. The van der Waals surface area contributed by atoms with Gasteiger partial charge in [-0.1, -0.05) is 0 Å². The number of hydrogen-bond acceptors (Lipinski definition) is 5. The Balaban J connectivity index is -0.0000000300. The van der Waals surface area contributed by atoms with Crippen LogP contribution in [0.5, 0.6) is 0 Å². The van der Waals surface area contributed by atoms with Crippen LogP contribution in [0.2, 0.25) is 0 Å². The van der Waals surface area contributed by atoms with Crippen LogP contribution in [0.1, 0.15) is 0 Å². The SMILES string of the molecule is O=S([O-])[O-].O=[N+]([O-])O.[Ag+].[Na+]. The van der Waals surface area contributed by atoms with Crippen LogP contribution in [0.15, 0.2) is 0 Å². The van der Waals surface area contributed by atoms with Crippen LogP contribution >= 0.6 is 0 Å². The molecular formula is HAgNNaO6S. The predicted molar refractivity (Wildman–Crippen MR) is 18.5 cm³/mol. The topological polar surface area (TPSA) is 127 Å². The van der Waals surface area contributed by atoms with Gasteiger partial charge in [0, 0.05) is 0 Å². The molecular weight excluding hydrogens is 273 g/mol. The molecule has 0 aliphatic rings. The first kappa shape index (κ1) is 22.5. The van der Waals surface area contributed by atoms with Gasteiger partial charge in [0.15, 0.2) is 0 Å². The molecule has 0 bridgehead atoms. The van der Waals surface area contributed by atoms with Crippen LogP contribution in [0.4, 0.5) is 0 Å². The quantitative estimate of drug-likeness (QED) is 0.206. The zero-order valence-electron chi connectivity index (χ0n) is 4.65. The minimum Gasteiger partial charge on any atom is -0.784 e. The smallest absolute Gasteiger partial charge is 0.784 e. The Labute approximate surface area is 96.2 Å². The van der Waals surface area contributed by atoms with Gasteiger partial charge in [0.1, 0.15) is 0 Å². The molecule has 0 unspecified atom stereocenters. The zero-order chi connectivity index (χ0) is 7.15. The molecule has 7 nitrogen and oxygen atoms in total. The Morgan fingerprint density at radius 3 is 1.40 bits per heavy atom. The van der Waals surface area contributed by atoms with Crippen LogP contribution in [0.3, 0.4) is 0 Å². The maximum Gasteiger partial charge on any atom is 1.00 e. The van der Waals surface area contributed by atoms with E-state index in [4.69, 9.17) is 28.6 Å². The van der Waals surface area contributed by atoms with E-state index in [0.717, 1.165) is 0 Å². The standard InChI is InChI=1S/Ag.HNO3.Na.H2O3S/c;2-1(3)4;;1-4(2)3/h;(H,2,3,4);;(H2,1,2,3)/q+1;;+1;/p-2. The van der Waals surface area contributed by atoms with Gasteiger partial charge in [0.25, 0.3) is 5.09 Å². The molecule has 1 N–H and O–H groups in total. The summed E-state index contributed by atoms with van der Waals surface area (Å²) in [5.74, 6) is 0. The van der Waals surface area contributed by atoms with Crippen molar-refractivity contribution in [3.05, 3.63) is 10.1 Å². The molecule has 10 heavy (non-hydrogen) atoms. The van der Waals surface area contributed by atoms with Crippen molar-refractivity contribution in [1.29, 1.82) is 0 Å². The molecule has 60 valence electrons. The van der Waals surface area contributed by atoms with Gasteiger partial charge in [-0.25, -0.2) is 0 Å². The number of hydrogen-bond donors (Lipinski definition) is 1. The third-order valence-corrected chi connectivity index (χ3v) is 0. The Kier molecular flexibility index (Phi) is 37.1. The molecule has 0 amide bonds. The second-order valence-corrected chi connectivity index (χ2v) is 0.850. The molecule has 0 aliphatic heterocycles. The van der Waals surface area contributed by atoms with Crippen molar-refractivity contribution in [2.75, 3.05) is 0 Å². The molecule has 0 rings (SSSR count). The van der Waals surface area contributed by atoms with Gasteiger partial charge in [0.05, 0.1) is 0 Å². The van der Waals surface area contributed by atoms with Crippen LogP contribution in [0.25, 0.3) is 0 Å². The first-order chi connectivity index (χ1) is 3.46. The van der Waals surface area contributed by atoms with E-state index in [2.05, 4.69) is 0 Å². The molecule has 0 saturated carbocycles. The van der Waals surface area contributed by atoms with Gasteiger partial charge in [-0.3, -0.25) is 4.21 Å². The third kappa shape index (κ3) is 566. The van der Waals surface area contributed by atoms with E-state index < -0.39 is 16.4 Å². The Bertz CT molecular complexity index is 75.7. The van der Waals surface area contributed by atoms with Gasteiger partial charge in [-0.15, -0.1) is 21.5 Å². The van der Waals surface area contributed by atoms with E-state index in [9.17, 15) is 0 Å². The van der Waals surface area contributed by atoms with E-state index in [0.29, 0.717) is 0 Å². The van der Waals surface area contributed by atoms with E-state index >= 15 is 0 Å². The first-order valence-corrected chi connectivity index (χ1v) is 2.07. The molecule has 0 radical (unpaired) electrons. The molecule has 0 aromatic rings. The summed E-state index contributed by atoms with van der Waals surface area (Å²) >= 11 is -3.11. The fourth-order valence-electron chi connectivity index (χ4n) is 0. The first-order valence-electron chi connectivity index (χ1n) is 1.07. The van der Waals surface area contributed by atoms with Gasteiger partial charge in [-0.2, -0.15) is 0 Å². The summed E-state index contributed by atoms with van der Waals surface area (Å²) in [4.78, 5) is 8.36. The molecule has 0 spiro atoms. The van der Waals surface area contributed by atoms with Crippen LogP contribution in [0, 0.1) is 10.1 Å². The number of rotatable bonds is 0. The molecule has 0 atom stereocenters. The van der Waals surface area contributed by atoms with Gasteiger partial charge in [0.2, 0.25) is 0 Å². The van der Waals surface area contributed by atoms with Gasteiger partial charge < -0.3 is 14.3 Å². The van der Waals surface area contributed by atoms with E-state index in [1.807, 2.05) is 0 Å². The van der Waals surface area contributed by atoms with Crippen molar-refractivity contribution in [2.24, 2.45) is 0 Å². The summed E-state index contributed by atoms with van der Waals surface area (Å²) in [5, 5.41) is 13.6. The van der Waals surface area contributed by atoms with Crippen molar-refractivity contribution >= 4 is 11.4 Å². The predicted octanol–water partition coefficient (Wildman–Crippen LogP) is -4.35. The normalized spacial score (nSPS) is 5.90. The molecule has 10 heteroatoms. The maximum absolute atomic E-state index is 8.44. The van der Waals surface area contributed by atoms with Crippen molar-refractivity contribution in [3.8, 4) is 0 Å². The number of nitrogens with zero attached hydrogens (tertiary/aromatic N) is 1. The van der Waals surface area contributed by atoms with Crippen molar-refractivity contribution < 1.29 is 75.5 Å². The van der Waals surface area contributed by atoms with Crippen molar-refractivity contribution in [2.45, 2.75) is 0 Å². The van der Waals surface area contributed by atoms with Gasteiger partial charge >= 0.3 is 51.9 Å². The third-order valence-electron chi connectivity index (χ3n) is 0. The minimum atomic E-state index is -3.11. The van der Waals surface area contributed by atoms with Crippen LogP contribution in [-0.2, 0) is 33.7 Å². The molecule has 0 fully saturated rings. The fraction of sp³-hybridized carbons (Fsp3) is 0. The second-order valence-electron chi connectivity index (χ2n) is 0.442. The molecule has 0 aliphatic carbocycles. The van der Waals surface area contributed by atoms with E-state index in [1.165, 1.54) is 0 Å². The van der Waals surface area contributed by atoms with Crippen molar-refractivity contribution in [3.63, 3.8) is 0 Å². The summed E-state index contributed by atoms with van der Waals surface area (Å²) in [5.41, 5.74) is 0. The van der Waals surface area contributed by atoms with Crippen LogP contribution < -0.4 is 29.6 Å². The van der Waals surface area contributed by atoms with E-state index in [-0.39, 0.29) is 51.9 Å². The second kappa shape index (κ2) is 16.5. The molecule has 0 saturated heterocycles. The average molecular weight is 274 g/mol. The Hall–Kier alpha value is 1.01. The summed E-state index contributed by atoms with van der Waals surface area (Å²) < 4.78 is 25.3.